The monoisotopic (exact) mass is 415 g/mol. The molecular weight excluding hydrogens is 398 g/mol. The van der Waals surface area contributed by atoms with E-state index in [1.54, 1.807) is 11.3 Å². The van der Waals surface area contributed by atoms with Gasteiger partial charge in [0.05, 0.1) is 10.6 Å². The number of carbonyl (C=O) groups excluding carboxylic acids is 1. The Hall–Kier alpha value is -3.84. The number of carbonyl (C=O) groups is 1. The topological polar surface area (TPSA) is 85.1 Å². The van der Waals surface area contributed by atoms with Gasteiger partial charge in [-0.15, -0.1) is 11.3 Å². The van der Waals surface area contributed by atoms with E-state index in [-0.39, 0.29) is 11.6 Å². The molecule has 0 bridgehead atoms. The first kappa shape index (κ1) is 19.5. The second-order valence-electron chi connectivity index (χ2n) is 6.59. The molecule has 4 rings (SSSR count). The molecule has 30 heavy (non-hydrogen) atoms. The Morgan fingerprint density at radius 1 is 0.933 bits per heavy atom. The lowest BCUT2D eigenvalue weighted by Gasteiger charge is -2.06. The van der Waals surface area contributed by atoms with Crippen LogP contribution in [0.3, 0.4) is 0 Å². The van der Waals surface area contributed by atoms with E-state index in [9.17, 15) is 14.9 Å². The van der Waals surface area contributed by atoms with Crippen LogP contribution in [-0.4, -0.2) is 15.8 Å². The number of nitro benzene ring substituents is 1. The molecule has 4 aromatic rings. The van der Waals surface area contributed by atoms with E-state index in [0.29, 0.717) is 12.1 Å². The molecule has 1 amide bonds. The normalized spacial score (nSPS) is 10.5. The highest BCUT2D eigenvalue weighted by atomic mass is 32.1. The van der Waals surface area contributed by atoms with Gasteiger partial charge in [-0.1, -0.05) is 54.6 Å². The molecule has 0 unspecified atom stereocenters. The minimum absolute atomic E-state index is 0.0419. The van der Waals surface area contributed by atoms with Gasteiger partial charge < -0.3 is 5.32 Å². The van der Waals surface area contributed by atoms with Crippen LogP contribution in [-0.2, 0) is 6.54 Å². The average Bonchev–Trinajstić information content (AvgIpc) is 3.29. The van der Waals surface area contributed by atoms with Gasteiger partial charge in [-0.3, -0.25) is 14.9 Å². The molecule has 1 heterocycles. The molecule has 1 N–H and O–H groups in total. The van der Waals surface area contributed by atoms with Crippen LogP contribution in [0.15, 0.2) is 84.2 Å². The molecule has 0 spiro atoms. The van der Waals surface area contributed by atoms with Gasteiger partial charge in [-0.05, 0) is 17.7 Å². The van der Waals surface area contributed by atoms with Gasteiger partial charge in [0.25, 0.3) is 11.6 Å². The Bertz CT molecular complexity index is 1170. The number of amides is 1. The molecule has 1 aromatic heterocycles. The lowest BCUT2D eigenvalue weighted by Crippen LogP contribution is -2.22. The Morgan fingerprint density at radius 3 is 2.30 bits per heavy atom. The van der Waals surface area contributed by atoms with Gasteiger partial charge >= 0.3 is 0 Å². The number of nitro groups is 1. The number of non-ortho nitro benzene ring substituents is 1. The van der Waals surface area contributed by atoms with Crippen LogP contribution in [0.5, 0.6) is 0 Å². The zero-order chi connectivity index (χ0) is 20.9. The van der Waals surface area contributed by atoms with Crippen molar-refractivity contribution >= 4 is 22.9 Å². The summed E-state index contributed by atoms with van der Waals surface area (Å²) in [7, 11) is 0. The SMILES string of the molecule is O=C(NCc1ccc(-c2nc(-c3ccccc3)cs2)cc1)c1ccc([N+](=O)[O-])cc1. The first-order chi connectivity index (χ1) is 14.6. The first-order valence-electron chi connectivity index (χ1n) is 9.23. The smallest absolute Gasteiger partial charge is 0.269 e. The third kappa shape index (κ3) is 4.42. The lowest BCUT2D eigenvalue weighted by molar-refractivity contribution is -0.384. The second-order valence-corrected chi connectivity index (χ2v) is 7.45. The Kier molecular flexibility index (Phi) is 5.63. The van der Waals surface area contributed by atoms with Crippen molar-refractivity contribution in [3.8, 4) is 21.8 Å². The molecule has 0 aliphatic heterocycles. The summed E-state index contributed by atoms with van der Waals surface area (Å²) in [5.74, 6) is -0.276. The number of nitrogens with one attached hydrogen (secondary N) is 1. The maximum absolute atomic E-state index is 12.2. The molecule has 0 saturated carbocycles. The molecular formula is C23H17N3O3S. The molecule has 0 fully saturated rings. The van der Waals surface area contributed by atoms with E-state index in [4.69, 9.17) is 4.98 Å². The minimum Gasteiger partial charge on any atom is -0.348 e. The van der Waals surface area contributed by atoms with Gasteiger partial charge in [0.1, 0.15) is 5.01 Å². The zero-order valence-electron chi connectivity index (χ0n) is 15.8. The van der Waals surface area contributed by atoms with Gasteiger partial charge in [-0.25, -0.2) is 4.98 Å². The number of hydrogen-bond acceptors (Lipinski definition) is 5. The summed E-state index contributed by atoms with van der Waals surface area (Å²) in [6.07, 6.45) is 0. The van der Waals surface area contributed by atoms with Gasteiger partial charge in [0.2, 0.25) is 0 Å². The third-order valence-electron chi connectivity index (χ3n) is 4.57. The van der Waals surface area contributed by atoms with E-state index in [2.05, 4.69) is 5.32 Å². The third-order valence-corrected chi connectivity index (χ3v) is 5.46. The number of rotatable bonds is 6. The van der Waals surface area contributed by atoms with Gasteiger partial charge in [-0.2, -0.15) is 0 Å². The Balaban J connectivity index is 1.39. The highest BCUT2D eigenvalue weighted by Gasteiger charge is 2.10. The van der Waals surface area contributed by atoms with Gasteiger partial charge in [0.15, 0.2) is 0 Å². The molecule has 0 radical (unpaired) electrons. The van der Waals surface area contributed by atoms with Crippen LogP contribution in [0, 0.1) is 10.1 Å². The fourth-order valence-electron chi connectivity index (χ4n) is 2.93. The van der Waals surface area contributed by atoms with Crippen LogP contribution < -0.4 is 5.32 Å². The quantitative estimate of drug-likeness (QED) is 0.341. The number of thiazole rings is 1. The standard InChI is InChI=1S/C23H17N3O3S/c27-22(18-10-12-20(13-11-18)26(28)29)24-14-16-6-8-19(9-7-16)23-25-21(15-30-23)17-4-2-1-3-5-17/h1-13,15H,14H2,(H,24,27). The van der Waals surface area contributed by atoms with E-state index in [1.165, 1.54) is 24.3 Å². The van der Waals surface area contributed by atoms with E-state index in [1.807, 2.05) is 60.0 Å². The van der Waals surface area contributed by atoms with E-state index >= 15 is 0 Å². The van der Waals surface area contributed by atoms with Crippen molar-refractivity contribution in [2.45, 2.75) is 6.54 Å². The van der Waals surface area contributed by atoms with Crippen LogP contribution in [0.1, 0.15) is 15.9 Å². The molecule has 0 aliphatic carbocycles. The van der Waals surface area contributed by atoms with Crippen molar-refractivity contribution in [3.63, 3.8) is 0 Å². The van der Waals surface area contributed by atoms with Crippen molar-refractivity contribution in [3.05, 3.63) is 105 Å². The van der Waals surface area contributed by atoms with Crippen LogP contribution >= 0.6 is 11.3 Å². The van der Waals surface area contributed by atoms with Gasteiger partial charge in [0, 0.05) is 40.7 Å². The zero-order valence-corrected chi connectivity index (χ0v) is 16.6. The van der Waals surface area contributed by atoms with Crippen molar-refractivity contribution < 1.29 is 9.72 Å². The molecule has 3 aromatic carbocycles. The highest BCUT2D eigenvalue weighted by molar-refractivity contribution is 7.13. The Morgan fingerprint density at radius 2 is 1.63 bits per heavy atom. The summed E-state index contributed by atoms with van der Waals surface area (Å²) >= 11 is 1.59. The average molecular weight is 415 g/mol. The summed E-state index contributed by atoms with van der Waals surface area (Å²) in [4.78, 5) is 27.2. The summed E-state index contributed by atoms with van der Waals surface area (Å²) in [5, 5.41) is 16.5. The number of hydrogen-bond donors (Lipinski definition) is 1. The minimum atomic E-state index is -0.492. The largest absolute Gasteiger partial charge is 0.348 e. The summed E-state index contributed by atoms with van der Waals surface area (Å²) in [6, 6.07) is 23.5. The molecule has 0 atom stereocenters. The van der Waals surface area contributed by atoms with Crippen molar-refractivity contribution in [1.82, 2.24) is 10.3 Å². The van der Waals surface area contributed by atoms with Crippen molar-refractivity contribution in [2.24, 2.45) is 0 Å². The maximum atomic E-state index is 12.2. The summed E-state index contributed by atoms with van der Waals surface area (Å²) in [6.45, 7) is 0.364. The fraction of sp³-hybridized carbons (Fsp3) is 0.0435. The predicted octanol–water partition coefficient (Wildman–Crippen LogP) is 5.32. The summed E-state index contributed by atoms with van der Waals surface area (Å²) < 4.78 is 0. The Labute approximate surface area is 177 Å². The number of aromatic nitrogens is 1. The van der Waals surface area contributed by atoms with E-state index in [0.717, 1.165) is 27.4 Å². The molecule has 0 saturated heterocycles. The second kappa shape index (κ2) is 8.67. The van der Waals surface area contributed by atoms with Crippen LogP contribution in [0.25, 0.3) is 21.8 Å². The lowest BCUT2D eigenvalue weighted by atomic mass is 10.1. The molecule has 0 aliphatic rings. The maximum Gasteiger partial charge on any atom is 0.269 e. The van der Waals surface area contributed by atoms with Crippen molar-refractivity contribution in [1.29, 1.82) is 0 Å². The molecule has 7 heteroatoms. The van der Waals surface area contributed by atoms with Crippen LogP contribution in [0.4, 0.5) is 5.69 Å². The van der Waals surface area contributed by atoms with E-state index < -0.39 is 4.92 Å². The van der Waals surface area contributed by atoms with Crippen molar-refractivity contribution in [2.75, 3.05) is 0 Å². The molecule has 6 nitrogen and oxygen atoms in total. The first-order valence-corrected chi connectivity index (χ1v) is 10.1. The highest BCUT2D eigenvalue weighted by Crippen LogP contribution is 2.28. The number of nitrogens with zero attached hydrogens (tertiary/aromatic N) is 2. The fourth-order valence-corrected chi connectivity index (χ4v) is 3.77. The number of benzene rings is 3. The van der Waals surface area contributed by atoms with Crippen LogP contribution in [0.2, 0.25) is 0 Å². The summed E-state index contributed by atoms with van der Waals surface area (Å²) in [5.41, 5.74) is 4.36. The molecule has 148 valence electrons. The predicted molar refractivity (Wildman–Crippen MR) is 117 cm³/mol.